The quantitative estimate of drug-likeness (QED) is 0.812. The number of nitrogens with two attached hydrogens (primary N) is 1. The second-order valence-electron chi connectivity index (χ2n) is 6.10. The molecule has 2 atom stereocenters. The highest BCUT2D eigenvalue weighted by molar-refractivity contribution is 5.39. The van der Waals surface area contributed by atoms with E-state index < -0.39 is 0 Å². The molecule has 0 bridgehead atoms. The summed E-state index contributed by atoms with van der Waals surface area (Å²) in [7, 11) is 2.15. The Morgan fingerprint density at radius 2 is 2.30 bits per heavy atom. The van der Waals surface area contributed by atoms with Gasteiger partial charge in [0.15, 0.2) is 0 Å². The van der Waals surface area contributed by atoms with Crippen molar-refractivity contribution in [1.82, 2.24) is 14.9 Å². The van der Waals surface area contributed by atoms with E-state index >= 15 is 0 Å². The molecule has 0 unspecified atom stereocenters. The molecule has 2 fully saturated rings. The molecule has 1 aromatic heterocycles. The fourth-order valence-electron chi connectivity index (χ4n) is 3.71. The van der Waals surface area contributed by atoms with Crippen LogP contribution in [0, 0.1) is 5.41 Å². The lowest BCUT2D eigenvalue weighted by atomic mass is 9.69. The van der Waals surface area contributed by atoms with Gasteiger partial charge in [-0.3, -0.25) is 0 Å². The smallest absolute Gasteiger partial charge is 0.227 e. The maximum absolute atomic E-state index is 9.90. The number of anilines is 2. The molecule has 20 heavy (non-hydrogen) atoms. The number of nitrogen functional groups attached to an aromatic ring is 1. The van der Waals surface area contributed by atoms with Crippen LogP contribution in [-0.4, -0.2) is 59.3 Å². The van der Waals surface area contributed by atoms with Crippen molar-refractivity contribution in [2.75, 3.05) is 43.9 Å². The molecule has 3 rings (SSSR count). The number of likely N-dealkylation sites (tertiary alicyclic amines) is 1. The van der Waals surface area contributed by atoms with Crippen molar-refractivity contribution in [3.63, 3.8) is 0 Å². The standard InChI is InChI=1S/C14H23N5O/c1-18-7-2-4-14(10-20)5-8-19(9-11(14)18)13-16-6-3-12(15)17-13/h3,6,11,20H,2,4-5,7-10H2,1H3,(H2,15,16,17)/t11-,14-/m1/s1. The van der Waals surface area contributed by atoms with Gasteiger partial charge in [0.2, 0.25) is 5.95 Å². The van der Waals surface area contributed by atoms with Crippen molar-refractivity contribution in [3.8, 4) is 0 Å². The number of likely N-dealkylation sites (N-methyl/N-ethyl adjacent to an activating group) is 1. The molecule has 3 heterocycles. The number of piperidine rings is 2. The van der Waals surface area contributed by atoms with E-state index in [4.69, 9.17) is 5.73 Å². The van der Waals surface area contributed by atoms with Gasteiger partial charge in [-0.25, -0.2) is 4.98 Å². The first-order valence-corrected chi connectivity index (χ1v) is 7.29. The zero-order valence-electron chi connectivity index (χ0n) is 12.0. The molecule has 0 aliphatic carbocycles. The monoisotopic (exact) mass is 277 g/mol. The van der Waals surface area contributed by atoms with E-state index in [2.05, 4.69) is 26.8 Å². The van der Waals surface area contributed by atoms with E-state index in [-0.39, 0.29) is 12.0 Å². The predicted octanol–water partition coefficient (Wildman–Crippen LogP) is 0.342. The highest BCUT2D eigenvalue weighted by Crippen LogP contribution is 2.41. The van der Waals surface area contributed by atoms with Crippen LogP contribution in [-0.2, 0) is 0 Å². The molecule has 2 aliphatic heterocycles. The van der Waals surface area contributed by atoms with Gasteiger partial charge in [-0.05, 0) is 38.9 Å². The number of fused-ring (bicyclic) bond motifs is 1. The van der Waals surface area contributed by atoms with Gasteiger partial charge in [0.05, 0.1) is 6.61 Å². The van der Waals surface area contributed by atoms with Crippen LogP contribution >= 0.6 is 0 Å². The maximum atomic E-state index is 9.90. The highest BCUT2D eigenvalue weighted by atomic mass is 16.3. The van der Waals surface area contributed by atoms with E-state index in [1.54, 1.807) is 12.3 Å². The van der Waals surface area contributed by atoms with Crippen molar-refractivity contribution < 1.29 is 5.11 Å². The van der Waals surface area contributed by atoms with Gasteiger partial charge in [0, 0.05) is 30.7 Å². The Morgan fingerprint density at radius 1 is 1.45 bits per heavy atom. The van der Waals surface area contributed by atoms with Crippen LogP contribution in [0.15, 0.2) is 12.3 Å². The zero-order valence-corrected chi connectivity index (χ0v) is 12.0. The first kappa shape index (κ1) is 13.6. The molecule has 6 nitrogen and oxygen atoms in total. The molecule has 0 aromatic carbocycles. The third-order valence-corrected chi connectivity index (χ3v) is 4.96. The van der Waals surface area contributed by atoms with Gasteiger partial charge in [-0.2, -0.15) is 4.98 Å². The summed E-state index contributed by atoms with van der Waals surface area (Å²) >= 11 is 0. The summed E-state index contributed by atoms with van der Waals surface area (Å²) in [4.78, 5) is 13.2. The average molecular weight is 277 g/mol. The minimum absolute atomic E-state index is 0.0455. The van der Waals surface area contributed by atoms with Gasteiger partial charge in [-0.15, -0.1) is 0 Å². The largest absolute Gasteiger partial charge is 0.396 e. The molecule has 2 aliphatic rings. The molecule has 6 heteroatoms. The van der Waals surface area contributed by atoms with Crippen LogP contribution in [0.4, 0.5) is 11.8 Å². The Labute approximate surface area is 119 Å². The molecular weight excluding hydrogens is 254 g/mol. The van der Waals surface area contributed by atoms with Crippen LogP contribution in [0.3, 0.4) is 0 Å². The Morgan fingerprint density at radius 3 is 3.05 bits per heavy atom. The summed E-state index contributed by atoms with van der Waals surface area (Å²) in [6.07, 6.45) is 4.97. The molecule has 0 spiro atoms. The molecule has 0 saturated carbocycles. The topological polar surface area (TPSA) is 78.5 Å². The Balaban J connectivity index is 1.83. The fourth-order valence-corrected chi connectivity index (χ4v) is 3.71. The van der Waals surface area contributed by atoms with Gasteiger partial charge < -0.3 is 20.6 Å². The van der Waals surface area contributed by atoms with Gasteiger partial charge in [-0.1, -0.05) is 0 Å². The molecule has 0 radical (unpaired) electrons. The second-order valence-corrected chi connectivity index (χ2v) is 6.10. The molecule has 110 valence electrons. The summed E-state index contributed by atoms with van der Waals surface area (Å²) in [6, 6.07) is 2.07. The summed E-state index contributed by atoms with van der Waals surface area (Å²) in [6.45, 7) is 3.11. The number of aliphatic hydroxyl groups excluding tert-OH is 1. The normalized spacial score (nSPS) is 31.1. The molecule has 0 amide bonds. The van der Waals surface area contributed by atoms with Gasteiger partial charge in [0.1, 0.15) is 5.82 Å². The number of hydrogen-bond donors (Lipinski definition) is 2. The number of rotatable bonds is 2. The number of aliphatic hydroxyl groups is 1. The maximum Gasteiger partial charge on any atom is 0.227 e. The average Bonchev–Trinajstić information content (AvgIpc) is 2.47. The predicted molar refractivity (Wildman–Crippen MR) is 78.4 cm³/mol. The lowest BCUT2D eigenvalue weighted by Gasteiger charge is -2.53. The number of hydrogen-bond acceptors (Lipinski definition) is 6. The molecule has 3 N–H and O–H groups in total. The highest BCUT2D eigenvalue weighted by Gasteiger charge is 2.46. The zero-order chi connectivity index (χ0) is 14.2. The van der Waals surface area contributed by atoms with Crippen LogP contribution in [0.5, 0.6) is 0 Å². The van der Waals surface area contributed by atoms with Crippen LogP contribution in [0.25, 0.3) is 0 Å². The van der Waals surface area contributed by atoms with E-state index in [0.29, 0.717) is 17.8 Å². The minimum atomic E-state index is 0.0455. The van der Waals surface area contributed by atoms with Gasteiger partial charge >= 0.3 is 0 Å². The number of nitrogens with zero attached hydrogens (tertiary/aromatic N) is 4. The third kappa shape index (κ3) is 2.23. The Kier molecular flexibility index (Phi) is 3.52. The van der Waals surface area contributed by atoms with Gasteiger partial charge in [0.25, 0.3) is 0 Å². The summed E-state index contributed by atoms with van der Waals surface area (Å²) in [5, 5.41) is 9.90. The van der Waals surface area contributed by atoms with E-state index in [0.717, 1.165) is 32.5 Å². The summed E-state index contributed by atoms with van der Waals surface area (Å²) < 4.78 is 0. The fraction of sp³-hybridized carbons (Fsp3) is 0.714. The third-order valence-electron chi connectivity index (χ3n) is 4.96. The van der Waals surface area contributed by atoms with Crippen molar-refractivity contribution in [1.29, 1.82) is 0 Å². The van der Waals surface area contributed by atoms with Crippen molar-refractivity contribution in [3.05, 3.63) is 12.3 Å². The first-order valence-electron chi connectivity index (χ1n) is 7.29. The van der Waals surface area contributed by atoms with Crippen molar-refractivity contribution in [2.45, 2.75) is 25.3 Å². The lowest BCUT2D eigenvalue weighted by molar-refractivity contribution is -0.0278. The Bertz CT molecular complexity index is 482. The van der Waals surface area contributed by atoms with Crippen LogP contribution in [0.2, 0.25) is 0 Å². The van der Waals surface area contributed by atoms with E-state index in [1.165, 1.54) is 6.42 Å². The first-order chi connectivity index (χ1) is 9.64. The minimum Gasteiger partial charge on any atom is -0.396 e. The van der Waals surface area contributed by atoms with Crippen LogP contribution in [0.1, 0.15) is 19.3 Å². The summed E-state index contributed by atoms with van der Waals surface area (Å²) in [5.41, 5.74) is 5.79. The van der Waals surface area contributed by atoms with E-state index in [1.807, 2.05) is 0 Å². The van der Waals surface area contributed by atoms with Crippen LogP contribution < -0.4 is 10.6 Å². The summed E-state index contributed by atoms with van der Waals surface area (Å²) in [5.74, 6) is 1.21. The van der Waals surface area contributed by atoms with Crippen molar-refractivity contribution in [2.24, 2.45) is 5.41 Å². The number of aromatic nitrogens is 2. The second kappa shape index (κ2) is 5.18. The molecular formula is C14H23N5O. The van der Waals surface area contributed by atoms with E-state index in [9.17, 15) is 5.11 Å². The Hall–Kier alpha value is -1.40. The van der Waals surface area contributed by atoms with Crippen molar-refractivity contribution >= 4 is 11.8 Å². The SMILES string of the molecule is CN1CCC[C@]2(CO)CCN(c3nccc(N)n3)C[C@@H]12. The lowest BCUT2D eigenvalue weighted by Crippen LogP contribution is -2.61. The molecule has 1 aromatic rings. The molecule has 2 saturated heterocycles.